The molecule has 1 aromatic carbocycles. The first kappa shape index (κ1) is 14.7. The summed E-state index contributed by atoms with van der Waals surface area (Å²) >= 11 is 7.25. The van der Waals surface area contributed by atoms with Crippen LogP contribution in [0.4, 0.5) is 0 Å². The van der Waals surface area contributed by atoms with Crippen LogP contribution >= 0.6 is 22.9 Å². The molecule has 0 saturated carbocycles. The molecule has 0 atom stereocenters. The standard InChI is InChI=1S/C15H11ClN2O3S/c1-7-6-17-15(22-7)13(20)12-14(21-8(2)19)10-4-3-9(16)5-11(10)18-12/h3-6,18H,1-2H3. The van der Waals surface area contributed by atoms with Gasteiger partial charge in [0.25, 0.3) is 0 Å². The smallest absolute Gasteiger partial charge is 0.308 e. The van der Waals surface area contributed by atoms with E-state index in [1.807, 2.05) is 6.92 Å². The van der Waals surface area contributed by atoms with Crippen molar-refractivity contribution in [3.63, 3.8) is 0 Å². The maximum Gasteiger partial charge on any atom is 0.308 e. The number of fused-ring (bicyclic) bond motifs is 1. The van der Waals surface area contributed by atoms with Crippen LogP contribution in [0.15, 0.2) is 24.4 Å². The van der Waals surface area contributed by atoms with Crippen LogP contribution in [0.1, 0.15) is 27.3 Å². The number of halogens is 1. The number of nitrogens with zero attached hydrogens (tertiary/aromatic N) is 1. The van der Waals surface area contributed by atoms with E-state index < -0.39 is 5.97 Å². The van der Waals surface area contributed by atoms with Crippen molar-refractivity contribution in [1.82, 2.24) is 9.97 Å². The van der Waals surface area contributed by atoms with Crippen molar-refractivity contribution in [3.8, 4) is 5.75 Å². The van der Waals surface area contributed by atoms with E-state index in [2.05, 4.69) is 9.97 Å². The number of nitrogens with one attached hydrogen (secondary N) is 1. The molecule has 0 saturated heterocycles. The number of hydrogen-bond acceptors (Lipinski definition) is 5. The molecule has 0 fully saturated rings. The molecule has 0 bridgehead atoms. The van der Waals surface area contributed by atoms with Crippen molar-refractivity contribution < 1.29 is 14.3 Å². The highest BCUT2D eigenvalue weighted by Gasteiger charge is 2.23. The van der Waals surface area contributed by atoms with Gasteiger partial charge in [-0.15, -0.1) is 11.3 Å². The van der Waals surface area contributed by atoms with Gasteiger partial charge in [-0.3, -0.25) is 9.59 Å². The molecule has 0 aliphatic rings. The lowest BCUT2D eigenvalue weighted by Crippen LogP contribution is -2.07. The van der Waals surface area contributed by atoms with E-state index in [-0.39, 0.29) is 17.2 Å². The second-order valence-corrected chi connectivity index (χ2v) is 6.39. The van der Waals surface area contributed by atoms with E-state index in [1.54, 1.807) is 24.4 Å². The van der Waals surface area contributed by atoms with Crippen LogP contribution in [0.25, 0.3) is 10.9 Å². The van der Waals surface area contributed by atoms with Crippen LogP contribution in [0.2, 0.25) is 5.02 Å². The number of rotatable bonds is 3. The van der Waals surface area contributed by atoms with Gasteiger partial charge in [-0.2, -0.15) is 0 Å². The van der Waals surface area contributed by atoms with Crippen molar-refractivity contribution in [1.29, 1.82) is 0 Å². The van der Waals surface area contributed by atoms with Crippen molar-refractivity contribution in [3.05, 3.63) is 45.0 Å². The second kappa shape index (κ2) is 5.55. The monoisotopic (exact) mass is 334 g/mol. The van der Waals surface area contributed by atoms with E-state index in [0.29, 0.717) is 20.9 Å². The van der Waals surface area contributed by atoms with Gasteiger partial charge < -0.3 is 9.72 Å². The molecule has 5 nitrogen and oxygen atoms in total. The van der Waals surface area contributed by atoms with E-state index in [1.165, 1.54) is 18.3 Å². The number of aromatic amines is 1. The van der Waals surface area contributed by atoms with E-state index in [9.17, 15) is 9.59 Å². The molecule has 2 aromatic heterocycles. The minimum absolute atomic E-state index is 0.196. The molecule has 0 spiro atoms. The van der Waals surface area contributed by atoms with Gasteiger partial charge in [-0.05, 0) is 25.1 Å². The minimum Gasteiger partial charge on any atom is -0.424 e. The number of hydrogen-bond donors (Lipinski definition) is 1. The first-order chi connectivity index (χ1) is 10.5. The first-order valence-corrected chi connectivity index (χ1v) is 7.62. The normalized spacial score (nSPS) is 10.9. The Labute approximate surface area is 134 Å². The Hall–Kier alpha value is -2.18. The Balaban J connectivity index is 2.18. The number of carbonyl (C=O) groups is 2. The van der Waals surface area contributed by atoms with Crippen LogP contribution in [0, 0.1) is 6.92 Å². The number of thiazole rings is 1. The molecule has 112 valence electrons. The van der Waals surface area contributed by atoms with Crippen LogP contribution in [0.5, 0.6) is 5.75 Å². The Kier molecular flexibility index (Phi) is 3.72. The minimum atomic E-state index is -0.500. The summed E-state index contributed by atoms with van der Waals surface area (Å²) in [4.78, 5) is 31.9. The highest BCUT2D eigenvalue weighted by atomic mass is 35.5. The van der Waals surface area contributed by atoms with Gasteiger partial charge >= 0.3 is 5.97 Å². The summed E-state index contributed by atoms with van der Waals surface area (Å²) in [5.74, 6) is -0.612. The largest absolute Gasteiger partial charge is 0.424 e. The molecular formula is C15H11ClN2O3S. The molecule has 0 aliphatic heterocycles. The van der Waals surface area contributed by atoms with Gasteiger partial charge in [0, 0.05) is 28.4 Å². The Morgan fingerprint density at radius 2 is 2.14 bits per heavy atom. The van der Waals surface area contributed by atoms with Gasteiger partial charge in [0.2, 0.25) is 5.78 Å². The number of aryl methyl sites for hydroxylation is 1. The van der Waals surface area contributed by atoms with Crippen LogP contribution in [-0.2, 0) is 4.79 Å². The van der Waals surface area contributed by atoms with Crippen molar-refractivity contribution in [2.24, 2.45) is 0 Å². The molecule has 0 unspecified atom stereocenters. The fraction of sp³-hybridized carbons (Fsp3) is 0.133. The summed E-state index contributed by atoms with van der Waals surface area (Å²) < 4.78 is 5.23. The molecule has 3 rings (SSSR count). The maximum atomic E-state index is 12.6. The van der Waals surface area contributed by atoms with Crippen LogP contribution in [-0.4, -0.2) is 21.7 Å². The predicted octanol–water partition coefficient (Wildman–Crippen LogP) is 3.74. The van der Waals surface area contributed by atoms with Gasteiger partial charge in [-0.1, -0.05) is 11.6 Å². The summed E-state index contributed by atoms with van der Waals surface area (Å²) in [5.41, 5.74) is 0.821. The highest BCUT2D eigenvalue weighted by molar-refractivity contribution is 7.13. The van der Waals surface area contributed by atoms with E-state index in [0.717, 1.165) is 4.88 Å². The van der Waals surface area contributed by atoms with Crippen molar-refractivity contribution in [2.45, 2.75) is 13.8 Å². The number of carbonyl (C=O) groups excluding carboxylic acids is 2. The van der Waals surface area contributed by atoms with E-state index >= 15 is 0 Å². The van der Waals surface area contributed by atoms with Gasteiger partial charge in [-0.25, -0.2) is 4.98 Å². The Morgan fingerprint density at radius 1 is 1.36 bits per heavy atom. The summed E-state index contributed by atoms with van der Waals surface area (Å²) in [7, 11) is 0. The zero-order valence-electron chi connectivity index (χ0n) is 11.8. The maximum absolute atomic E-state index is 12.6. The lowest BCUT2D eigenvalue weighted by atomic mass is 10.2. The van der Waals surface area contributed by atoms with Gasteiger partial charge in [0.1, 0.15) is 5.69 Å². The lowest BCUT2D eigenvalue weighted by molar-refractivity contribution is -0.131. The number of esters is 1. The number of aromatic nitrogens is 2. The summed E-state index contributed by atoms with van der Waals surface area (Å²) in [5, 5.41) is 1.48. The molecule has 3 aromatic rings. The van der Waals surface area contributed by atoms with Crippen LogP contribution < -0.4 is 4.74 Å². The summed E-state index contributed by atoms with van der Waals surface area (Å²) in [6.07, 6.45) is 1.63. The molecular weight excluding hydrogens is 324 g/mol. The molecule has 7 heteroatoms. The molecule has 0 amide bonds. The third kappa shape index (κ3) is 2.63. The molecule has 1 N–H and O–H groups in total. The van der Waals surface area contributed by atoms with Crippen LogP contribution in [0.3, 0.4) is 0 Å². The average Bonchev–Trinajstić information content (AvgIpc) is 3.02. The Bertz CT molecular complexity index is 897. The second-order valence-electron chi connectivity index (χ2n) is 4.72. The van der Waals surface area contributed by atoms with Crippen molar-refractivity contribution >= 4 is 45.6 Å². The topological polar surface area (TPSA) is 72.1 Å². The summed E-state index contributed by atoms with van der Waals surface area (Å²) in [6.45, 7) is 3.16. The first-order valence-electron chi connectivity index (χ1n) is 6.42. The van der Waals surface area contributed by atoms with E-state index in [4.69, 9.17) is 16.3 Å². The molecule has 0 radical (unpaired) electrons. The third-order valence-corrected chi connectivity index (χ3v) is 4.15. The SMILES string of the molecule is CC(=O)Oc1c(C(=O)c2ncc(C)s2)[nH]c2cc(Cl)ccc12. The third-order valence-electron chi connectivity index (χ3n) is 3.00. The lowest BCUT2D eigenvalue weighted by Gasteiger charge is -2.02. The number of H-pyrrole nitrogens is 1. The summed E-state index contributed by atoms with van der Waals surface area (Å²) in [6, 6.07) is 5.05. The highest BCUT2D eigenvalue weighted by Crippen LogP contribution is 2.33. The fourth-order valence-electron chi connectivity index (χ4n) is 2.12. The number of ketones is 1. The molecule has 22 heavy (non-hydrogen) atoms. The quantitative estimate of drug-likeness (QED) is 0.585. The zero-order valence-corrected chi connectivity index (χ0v) is 13.3. The molecule has 0 aliphatic carbocycles. The predicted molar refractivity (Wildman–Crippen MR) is 84.9 cm³/mol. The number of benzene rings is 1. The van der Waals surface area contributed by atoms with Gasteiger partial charge in [0.15, 0.2) is 10.8 Å². The van der Waals surface area contributed by atoms with Gasteiger partial charge in [0.05, 0.1) is 5.52 Å². The Morgan fingerprint density at radius 3 is 2.77 bits per heavy atom. The number of ether oxygens (including phenoxy) is 1. The average molecular weight is 335 g/mol. The molecule has 2 heterocycles. The fourth-order valence-corrected chi connectivity index (χ4v) is 3.00. The van der Waals surface area contributed by atoms with Crippen molar-refractivity contribution in [2.75, 3.05) is 0 Å². The zero-order chi connectivity index (χ0) is 15.9.